The number of aliphatic carboxylic acids is 1. The molecule has 3 rings (SSSR count). The lowest BCUT2D eigenvalue weighted by atomic mass is 10.2. The highest BCUT2D eigenvalue weighted by Gasteiger charge is 2.10. The van der Waals surface area contributed by atoms with Gasteiger partial charge in [-0.15, -0.1) is 0 Å². The Morgan fingerprint density at radius 2 is 2.24 bits per heavy atom. The maximum atomic E-state index is 10.6. The van der Waals surface area contributed by atoms with E-state index in [1.165, 1.54) is 0 Å². The minimum absolute atomic E-state index is 0.118. The Bertz CT molecular complexity index is 696. The van der Waals surface area contributed by atoms with E-state index in [9.17, 15) is 4.79 Å². The molecule has 0 atom stereocenters. The number of aromatic nitrogens is 3. The second-order valence-electron chi connectivity index (χ2n) is 3.94. The molecule has 3 aromatic rings. The van der Waals surface area contributed by atoms with Crippen LogP contribution in [-0.4, -0.2) is 25.4 Å². The van der Waals surface area contributed by atoms with Crippen molar-refractivity contribution in [2.75, 3.05) is 0 Å². The maximum Gasteiger partial charge on any atom is 0.303 e. The van der Waals surface area contributed by atoms with Crippen LogP contribution in [-0.2, 0) is 11.2 Å². The van der Waals surface area contributed by atoms with Crippen molar-refractivity contribution in [1.82, 2.24) is 14.4 Å². The molecule has 0 aliphatic carbocycles. The van der Waals surface area contributed by atoms with E-state index in [1.54, 1.807) is 6.20 Å². The number of nitrogens with one attached hydrogen (secondary N) is 1. The lowest BCUT2D eigenvalue weighted by molar-refractivity contribution is -0.136. The molecule has 0 bridgehead atoms. The first kappa shape index (κ1) is 9.89. The number of H-pyrrole nitrogens is 1. The first-order valence-electron chi connectivity index (χ1n) is 5.40. The van der Waals surface area contributed by atoms with E-state index in [1.807, 2.05) is 28.7 Å². The third-order valence-corrected chi connectivity index (χ3v) is 2.82. The van der Waals surface area contributed by atoms with Gasteiger partial charge in [-0.2, -0.15) is 0 Å². The first-order chi connectivity index (χ1) is 8.25. The fourth-order valence-electron chi connectivity index (χ4n) is 2.05. The van der Waals surface area contributed by atoms with Crippen LogP contribution < -0.4 is 0 Å². The Hall–Kier alpha value is -2.30. The summed E-state index contributed by atoms with van der Waals surface area (Å²) in [7, 11) is 0. The van der Waals surface area contributed by atoms with Crippen molar-refractivity contribution in [3.8, 4) is 0 Å². The Kier molecular flexibility index (Phi) is 2.11. The van der Waals surface area contributed by atoms with Crippen LogP contribution in [0.4, 0.5) is 0 Å². The Morgan fingerprint density at radius 1 is 1.41 bits per heavy atom. The fourth-order valence-corrected chi connectivity index (χ4v) is 2.05. The average Bonchev–Trinajstić information content (AvgIpc) is 2.84. The van der Waals surface area contributed by atoms with E-state index in [4.69, 9.17) is 5.11 Å². The van der Waals surface area contributed by atoms with Crippen LogP contribution in [0.2, 0.25) is 0 Å². The van der Waals surface area contributed by atoms with Crippen LogP contribution >= 0.6 is 0 Å². The summed E-state index contributed by atoms with van der Waals surface area (Å²) in [5, 5.41) is 8.71. The van der Waals surface area contributed by atoms with Crippen LogP contribution in [0.5, 0.6) is 0 Å². The second kappa shape index (κ2) is 3.62. The van der Waals surface area contributed by atoms with E-state index in [2.05, 4.69) is 9.97 Å². The van der Waals surface area contributed by atoms with Crippen molar-refractivity contribution in [1.29, 1.82) is 0 Å². The van der Waals surface area contributed by atoms with Crippen LogP contribution in [0.1, 0.15) is 12.1 Å². The van der Waals surface area contributed by atoms with Gasteiger partial charge in [-0.05, 0) is 12.1 Å². The molecule has 2 aromatic heterocycles. The summed E-state index contributed by atoms with van der Waals surface area (Å²) in [5.41, 5.74) is 2.95. The van der Waals surface area contributed by atoms with Gasteiger partial charge in [-0.25, -0.2) is 4.98 Å². The molecule has 0 aliphatic rings. The maximum absolute atomic E-state index is 10.6. The number of aromatic amines is 1. The van der Waals surface area contributed by atoms with Gasteiger partial charge < -0.3 is 10.1 Å². The molecule has 0 fully saturated rings. The van der Waals surface area contributed by atoms with Crippen molar-refractivity contribution in [2.45, 2.75) is 12.8 Å². The van der Waals surface area contributed by atoms with Gasteiger partial charge in [0.25, 0.3) is 0 Å². The van der Waals surface area contributed by atoms with Gasteiger partial charge in [0.1, 0.15) is 0 Å². The monoisotopic (exact) mass is 229 g/mol. The van der Waals surface area contributed by atoms with E-state index in [-0.39, 0.29) is 6.42 Å². The Morgan fingerprint density at radius 3 is 3.06 bits per heavy atom. The molecule has 17 heavy (non-hydrogen) atoms. The molecule has 0 radical (unpaired) electrons. The van der Waals surface area contributed by atoms with E-state index in [0.717, 1.165) is 22.5 Å². The third kappa shape index (κ3) is 1.56. The molecule has 2 heterocycles. The number of carboxylic acid groups (broad SMARTS) is 1. The fraction of sp³-hybridized carbons (Fsp3) is 0.167. The molecule has 0 unspecified atom stereocenters. The molecular weight excluding hydrogens is 218 g/mol. The molecule has 0 saturated heterocycles. The van der Waals surface area contributed by atoms with Crippen molar-refractivity contribution in [3.05, 3.63) is 36.2 Å². The van der Waals surface area contributed by atoms with E-state index in [0.29, 0.717) is 6.42 Å². The van der Waals surface area contributed by atoms with Crippen molar-refractivity contribution in [3.63, 3.8) is 0 Å². The number of para-hydroxylation sites is 2. The zero-order valence-electron chi connectivity index (χ0n) is 9.05. The molecule has 1 aromatic carbocycles. The van der Waals surface area contributed by atoms with Gasteiger partial charge in [0, 0.05) is 12.1 Å². The average molecular weight is 229 g/mol. The summed E-state index contributed by atoms with van der Waals surface area (Å²) >= 11 is 0. The zero-order chi connectivity index (χ0) is 11.8. The summed E-state index contributed by atoms with van der Waals surface area (Å²) in [6, 6.07) is 7.88. The molecule has 0 saturated carbocycles. The van der Waals surface area contributed by atoms with E-state index >= 15 is 0 Å². The molecule has 86 valence electrons. The van der Waals surface area contributed by atoms with Crippen molar-refractivity contribution < 1.29 is 9.90 Å². The number of nitrogens with zero attached hydrogens (tertiary/aromatic N) is 2. The second-order valence-corrected chi connectivity index (χ2v) is 3.94. The Labute approximate surface area is 96.7 Å². The Balaban J connectivity index is 2.15. The highest BCUT2D eigenvalue weighted by molar-refractivity contribution is 5.80. The summed E-state index contributed by atoms with van der Waals surface area (Å²) in [4.78, 5) is 18.0. The predicted octanol–water partition coefficient (Wildman–Crippen LogP) is 1.83. The van der Waals surface area contributed by atoms with Gasteiger partial charge in [0.05, 0.1) is 23.7 Å². The number of aryl methyl sites for hydroxylation is 1. The summed E-state index contributed by atoms with van der Waals surface area (Å²) in [5.74, 6) is -0.0358. The third-order valence-electron chi connectivity index (χ3n) is 2.82. The molecule has 0 aliphatic heterocycles. The van der Waals surface area contributed by atoms with Crippen LogP contribution in [0, 0.1) is 0 Å². The molecule has 5 nitrogen and oxygen atoms in total. The van der Waals surface area contributed by atoms with Gasteiger partial charge >= 0.3 is 5.97 Å². The smallest absolute Gasteiger partial charge is 0.303 e. The molecule has 0 spiro atoms. The zero-order valence-corrected chi connectivity index (χ0v) is 9.05. The largest absolute Gasteiger partial charge is 0.481 e. The first-order valence-corrected chi connectivity index (χ1v) is 5.40. The quantitative estimate of drug-likeness (QED) is 0.719. The predicted molar refractivity (Wildman–Crippen MR) is 63.0 cm³/mol. The number of carbonyl (C=O) groups is 1. The lowest BCUT2D eigenvalue weighted by Crippen LogP contribution is -1.99. The minimum atomic E-state index is -0.792. The van der Waals surface area contributed by atoms with Gasteiger partial charge in [-0.1, -0.05) is 12.1 Å². The topological polar surface area (TPSA) is 70.4 Å². The molecule has 5 heteroatoms. The molecule has 2 N–H and O–H groups in total. The summed E-state index contributed by atoms with van der Waals surface area (Å²) in [6.07, 6.45) is 2.33. The lowest BCUT2D eigenvalue weighted by Gasteiger charge is -1.97. The SMILES string of the molecule is O=C(O)CCc1cnc2[nH]c3ccccc3n12. The normalized spacial score (nSPS) is 11.3. The van der Waals surface area contributed by atoms with Gasteiger partial charge in [-0.3, -0.25) is 9.20 Å². The van der Waals surface area contributed by atoms with Crippen molar-refractivity contribution >= 4 is 22.8 Å². The van der Waals surface area contributed by atoms with Crippen molar-refractivity contribution in [2.24, 2.45) is 0 Å². The highest BCUT2D eigenvalue weighted by atomic mass is 16.4. The number of hydrogen-bond acceptors (Lipinski definition) is 2. The number of hydrogen-bond donors (Lipinski definition) is 2. The number of imidazole rings is 2. The van der Waals surface area contributed by atoms with Crippen LogP contribution in [0.15, 0.2) is 30.5 Å². The van der Waals surface area contributed by atoms with Gasteiger partial charge in [0.2, 0.25) is 5.78 Å². The number of carboxylic acids is 1. The van der Waals surface area contributed by atoms with Crippen LogP contribution in [0.25, 0.3) is 16.8 Å². The summed E-state index contributed by atoms with van der Waals surface area (Å²) < 4.78 is 1.97. The molecular formula is C12H11N3O2. The highest BCUT2D eigenvalue weighted by Crippen LogP contribution is 2.18. The summed E-state index contributed by atoms with van der Waals surface area (Å²) in [6.45, 7) is 0. The minimum Gasteiger partial charge on any atom is -0.481 e. The standard InChI is InChI=1S/C12H11N3O2/c16-11(17)6-5-8-7-13-12-14-9-3-1-2-4-10(9)15(8)12/h1-4,7H,5-6H2,(H,13,14)(H,16,17). The number of rotatable bonds is 3. The number of fused-ring (bicyclic) bond motifs is 3. The van der Waals surface area contributed by atoms with Crippen LogP contribution in [0.3, 0.4) is 0 Å². The molecule has 0 amide bonds. The number of benzene rings is 1. The van der Waals surface area contributed by atoms with E-state index < -0.39 is 5.97 Å². The van der Waals surface area contributed by atoms with Gasteiger partial charge in [0.15, 0.2) is 0 Å².